The Morgan fingerprint density at radius 1 is 1.17 bits per heavy atom. The second kappa shape index (κ2) is 8.57. The molecule has 0 fully saturated rings. The number of nitrogens with zero attached hydrogens (tertiary/aromatic N) is 3. The highest BCUT2D eigenvalue weighted by Crippen LogP contribution is 2.32. The second-order valence-corrected chi connectivity index (χ2v) is 7.82. The SMILES string of the molecule is O=C(Nc1nnc(SCc2cccc(C(F)(F)F)c2)s1)c1cccc([N+](=O)[O-])c1. The number of aromatic nitrogens is 2. The second-order valence-electron chi connectivity index (χ2n) is 5.62. The van der Waals surface area contributed by atoms with Gasteiger partial charge in [0.05, 0.1) is 10.5 Å². The van der Waals surface area contributed by atoms with Crippen LogP contribution in [0.3, 0.4) is 0 Å². The smallest absolute Gasteiger partial charge is 0.296 e. The lowest BCUT2D eigenvalue weighted by Crippen LogP contribution is -2.11. The Bertz CT molecular complexity index is 1060. The number of carbonyl (C=O) groups excluding carboxylic acids is 1. The van der Waals surface area contributed by atoms with Crippen LogP contribution in [-0.2, 0) is 11.9 Å². The summed E-state index contributed by atoms with van der Waals surface area (Å²) >= 11 is 2.23. The number of nitro groups is 1. The summed E-state index contributed by atoms with van der Waals surface area (Å²) < 4.78 is 38.7. The molecular weight excluding hydrogens is 429 g/mol. The molecule has 3 aromatic rings. The Labute approximate surface area is 170 Å². The molecule has 0 aliphatic carbocycles. The average molecular weight is 440 g/mol. The van der Waals surface area contributed by atoms with E-state index < -0.39 is 22.6 Å². The van der Waals surface area contributed by atoms with Crippen molar-refractivity contribution in [3.63, 3.8) is 0 Å². The van der Waals surface area contributed by atoms with E-state index in [2.05, 4.69) is 15.5 Å². The number of anilines is 1. The van der Waals surface area contributed by atoms with Crippen molar-refractivity contribution in [2.75, 3.05) is 5.32 Å². The zero-order valence-electron chi connectivity index (χ0n) is 14.3. The van der Waals surface area contributed by atoms with Crippen LogP contribution >= 0.6 is 23.1 Å². The van der Waals surface area contributed by atoms with Gasteiger partial charge in [-0.1, -0.05) is 47.4 Å². The minimum atomic E-state index is -4.41. The van der Waals surface area contributed by atoms with Gasteiger partial charge in [-0.15, -0.1) is 10.2 Å². The molecule has 7 nitrogen and oxygen atoms in total. The van der Waals surface area contributed by atoms with Gasteiger partial charge in [0.1, 0.15) is 0 Å². The van der Waals surface area contributed by atoms with Crippen molar-refractivity contribution in [2.24, 2.45) is 0 Å². The van der Waals surface area contributed by atoms with E-state index in [1.54, 1.807) is 6.07 Å². The minimum absolute atomic E-state index is 0.0903. The lowest BCUT2D eigenvalue weighted by Gasteiger charge is -2.07. The van der Waals surface area contributed by atoms with Crippen molar-refractivity contribution in [3.8, 4) is 0 Å². The van der Waals surface area contributed by atoms with E-state index >= 15 is 0 Å². The highest BCUT2D eigenvalue weighted by atomic mass is 32.2. The summed E-state index contributed by atoms with van der Waals surface area (Å²) in [6, 6.07) is 10.2. The molecule has 1 heterocycles. The van der Waals surface area contributed by atoms with E-state index in [1.807, 2.05) is 0 Å². The van der Waals surface area contributed by atoms with Crippen LogP contribution in [0.15, 0.2) is 52.9 Å². The lowest BCUT2D eigenvalue weighted by atomic mass is 10.1. The van der Waals surface area contributed by atoms with Crippen LogP contribution in [0.4, 0.5) is 24.0 Å². The molecule has 12 heteroatoms. The number of benzene rings is 2. The monoisotopic (exact) mass is 440 g/mol. The van der Waals surface area contributed by atoms with Crippen molar-refractivity contribution in [2.45, 2.75) is 16.3 Å². The average Bonchev–Trinajstić information content (AvgIpc) is 3.13. The predicted octanol–water partition coefficient (Wildman–Crippen LogP) is 5.01. The maximum Gasteiger partial charge on any atom is 0.416 e. The third kappa shape index (κ3) is 5.51. The Balaban J connectivity index is 1.62. The topological polar surface area (TPSA) is 98.0 Å². The summed E-state index contributed by atoms with van der Waals surface area (Å²) in [5.74, 6) is -0.337. The van der Waals surface area contributed by atoms with Crippen molar-refractivity contribution in [1.29, 1.82) is 0 Å². The van der Waals surface area contributed by atoms with Crippen LogP contribution in [0.5, 0.6) is 0 Å². The van der Waals surface area contributed by atoms with Crippen molar-refractivity contribution < 1.29 is 22.9 Å². The summed E-state index contributed by atoms with van der Waals surface area (Å²) in [4.78, 5) is 22.4. The van der Waals surface area contributed by atoms with E-state index in [1.165, 1.54) is 36.0 Å². The summed E-state index contributed by atoms with van der Waals surface area (Å²) in [7, 11) is 0. The Hall–Kier alpha value is -2.99. The van der Waals surface area contributed by atoms with Gasteiger partial charge in [-0.05, 0) is 17.7 Å². The van der Waals surface area contributed by atoms with Crippen molar-refractivity contribution in [3.05, 3.63) is 75.3 Å². The van der Waals surface area contributed by atoms with Crippen LogP contribution in [-0.4, -0.2) is 21.0 Å². The summed E-state index contributed by atoms with van der Waals surface area (Å²) in [6.07, 6.45) is -4.41. The van der Waals surface area contributed by atoms with Gasteiger partial charge in [0.2, 0.25) is 5.13 Å². The number of hydrogen-bond acceptors (Lipinski definition) is 7. The van der Waals surface area contributed by atoms with Gasteiger partial charge in [-0.2, -0.15) is 13.2 Å². The molecule has 1 N–H and O–H groups in total. The van der Waals surface area contributed by atoms with Crippen LogP contribution in [0, 0.1) is 10.1 Å². The third-order valence-electron chi connectivity index (χ3n) is 3.56. The fourth-order valence-electron chi connectivity index (χ4n) is 2.23. The number of thioether (sulfide) groups is 1. The highest BCUT2D eigenvalue weighted by Gasteiger charge is 2.30. The number of nitro benzene ring substituents is 1. The number of carbonyl (C=O) groups is 1. The Morgan fingerprint density at radius 2 is 1.93 bits per heavy atom. The summed E-state index contributed by atoms with van der Waals surface area (Å²) in [5, 5.41) is 21.1. The molecular formula is C17H11F3N4O3S2. The molecule has 0 saturated carbocycles. The standard InChI is InChI=1S/C17H11F3N4O3S2/c18-17(19,20)12-5-1-3-10(7-12)9-28-16-23-22-15(29-16)21-14(25)11-4-2-6-13(8-11)24(26)27/h1-8H,9H2,(H,21,22,25). The molecule has 0 unspecified atom stereocenters. The number of nitrogens with one attached hydrogen (secondary N) is 1. The number of amides is 1. The van der Waals surface area contributed by atoms with Crippen molar-refractivity contribution in [1.82, 2.24) is 10.2 Å². The molecule has 0 atom stereocenters. The number of non-ortho nitro benzene ring substituents is 1. The predicted molar refractivity (Wildman–Crippen MR) is 102 cm³/mol. The number of alkyl halides is 3. The molecule has 0 radical (unpaired) electrons. The van der Waals surface area contributed by atoms with E-state index in [9.17, 15) is 28.1 Å². The maximum atomic E-state index is 12.8. The number of hydrogen-bond donors (Lipinski definition) is 1. The van der Waals surface area contributed by atoms with Gasteiger partial charge in [-0.25, -0.2) is 0 Å². The molecule has 3 rings (SSSR count). The Kier molecular flexibility index (Phi) is 6.13. The van der Waals surface area contributed by atoms with Crippen LogP contribution < -0.4 is 5.32 Å². The van der Waals surface area contributed by atoms with E-state index in [0.717, 1.165) is 29.5 Å². The molecule has 0 spiro atoms. The molecule has 1 aromatic heterocycles. The lowest BCUT2D eigenvalue weighted by molar-refractivity contribution is -0.384. The molecule has 0 bridgehead atoms. The zero-order valence-corrected chi connectivity index (χ0v) is 16.0. The molecule has 150 valence electrons. The zero-order chi connectivity index (χ0) is 21.0. The summed E-state index contributed by atoms with van der Waals surface area (Å²) in [6.45, 7) is 0. The van der Waals surface area contributed by atoms with E-state index in [0.29, 0.717) is 9.90 Å². The maximum absolute atomic E-state index is 12.8. The quantitative estimate of drug-likeness (QED) is 0.250. The molecule has 2 aromatic carbocycles. The number of rotatable bonds is 6. The van der Waals surface area contributed by atoms with Gasteiger partial charge in [-0.3, -0.25) is 20.2 Å². The normalized spacial score (nSPS) is 11.3. The van der Waals surface area contributed by atoms with Crippen molar-refractivity contribution >= 4 is 39.8 Å². The van der Waals surface area contributed by atoms with Crippen LogP contribution in [0.1, 0.15) is 21.5 Å². The van der Waals surface area contributed by atoms with Gasteiger partial charge in [0, 0.05) is 23.4 Å². The van der Waals surface area contributed by atoms with Crippen LogP contribution in [0.25, 0.3) is 0 Å². The Morgan fingerprint density at radius 3 is 2.66 bits per heavy atom. The first kappa shape index (κ1) is 20.7. The first-order valence-electron chi connectivity index (χ1n) is 7.90. The fourth-order valence-corrected chi connectivity index (χ4v) is 3.92. The van der Waals surface area contributed by atoms with Gasteiger partial charge in [0.25, 0.3) is 11.6 Å². The first-order chi connectivity index (χ1) is 13.7. The highest BCUT2D eigenvalue weighted by molar-refractivity contribution is 8.00. The fraction of sp³-hybridized carbons (Fsp3) is 0.118. The molecule has 0 aliphatic heterocycles. The van der Waals surface area contributed by atoms with E-state index in [4.69, 9.17) is 0 Å². The molecule has 29 heavy (non-hydrogen) atoms. The largest absolute Gasteiger partial charge is 0.416 e. The minimum Gasteiger partial charge on any atom is -0.296 e. The number of halogens is 3. The van der Waals surface area contributed by atoms with Gasteiger partial charge < -0.3 is 0 Å². The first-order valence-corrected chi connectivity index (χ1v) is 9.71. The molecule has 0 saturated heterocycles. The van der Waals surface area contributed by atoms with E-state index in [-0.39, 0.29) is 22.1 Å². The van der Waals surface area contributed by atoms with Gasteiger partial charge in [0.15, 0.2) is 4.34 Å². The van der Waals surface area contributed by atoms with Crippen LogP contribution in [0.2, 0.25) is 0 Å². The summed E-state index contributed by atoms with van der Waals surface area (Å²) in [5.41, 5.74) is -0.375. The third-order valence-corrected chi connectivity index (χ3v) is 5.61. The molecule has 1 amide bonds. The molecule has 0 aliphatic rings. The van der Waals surface area contributed by atoms with Gasteiger partial charge >= 0.3 is 6.18 Å².